The zero-order valence-corrected chi connectivity index (χ0v) is 20.6. The fourth-order valence-electron chi connectivity index (χ4n) is 6.06. The van der Waals surface area contributed by atoms with E-state index in [1.807, 2.05) is 0 Å². The summed E-state index contributed by atoms with van der Waals surface area (Å²) in [5, 5.41) is 65.6. The smallest absolute Gasteiger partial charge is 0.303 e. The molecule has 0 bridgehead atoms. The van der Waals surface area contributed by atoms with Gasteiger partial charge in [0, 0.05) is 30.1 Å². The Kier molecular flexibility index (Phi) is 7.62. The Labute approximate surface area is 195 Å². The van der Waals surface area contributed by atoms with Gasteiger partial charge >= 0.3 is 5.97 Å². The van der Waals surface area contributed by atoms with E-state index in [0.717, 1.165) is 6.92 Å². The van der Waals surface area contributed by atoms with Crippen LogP contribution in [0.15, 0.2) is 11.6 Å². The molecule has 0 amide bonds. The van der Waals surface area contributed by atoms with E-state index in [2.05, 4.69) is 0 Å². The number of hydrogen-bond donors (Lipinski definition) is 6. The van der Waals surface area contributed by atoms with Crippen molar-refractivity contribution in [3.8, 4) is 0 Å². The lowest BCUT2D eigenvalue weighted by atomic mass is 9.47. The summed E-state index contributed by atoms with van der Waals surface area (Å²) in [4.78, 5) is 25.7. The first-order valence-corrected chi connectivity index (χ1v) is 11.4. The number of carbonyl (C=O) groups is 2. The average molecular weight is 473 g/mol. The number of aliphatic hydroxyl groups excluding tert-OH is 4. The summed E-state index contributed by atoms with van der Waals surface area (Å²) in [5.41, 5.74) is -6.46. The summed E-state index contributed by atoms with van der Waals surface area (Å²) in [6, 6.07) is 0. The molecule has 2 aliphatic rings. The van der Waals surface area contributed by atoms with Crippen LogP contribution in [0.1, 0.15) is 61.3 Å². The molecule has 0 spiro atoms. The van der Waals surface area contributed by atoms with E-state index in [9.17, 15) is 40.2 Å². The number of carbonyl (C=O) groups excluding carboxylic acids is 2. The van der Waals surface area contributed by atoms with Gasteiger partial charge in [0.25, 0.3) is 0 Å². The molecule has 2 rings (SSSR count). The second kappa shape index (κ2) is 9.02. The molecule has 3 unspecified atom stereocenters. The molecule has 33 heavy (non-hydrogen) atoms. The third-order valence-electron chi connectivity index (χ3n) is 8.33. The molecule has 9 atom stereocenters. The van der Waals surface area contributed by atoms with Crippen molar-refractivity contribution in [3.63, 3.8) is 0 Å². The number of ether oxygens (including phenoxy) is 1. The number of rotatable bonds is 6. The van der Waals surface area contributed by atoms with Crippen LogP contribution in [-0.4, -0.2) is 84.6 Å². The van der Waals surface area contributed by atoms with Gasteiger partial charge in [-0.3, -0.25) is 9.59 Å². The van der Waals surface area contributed by atoms with Crippen molar-refractivity contribution < 1.29 is 45.0 Å². The van der Waals surface area contributed by atoms with Gasteiger partial charge in [0.05, 0.1) is 18.8 Å². The van der Waals surface area contributed by atoms with Crippen molar-refractivity contribution in [1.82, 2.24) is 0 Å². The van der Waals surface area contributed by atoms with Gasteiger partial charge < -0.3 is 35.4 Å². The van der Waals surface area contributed by atoms with Gasteiger partial charge in [-0.1, -0.05) is 33.8 Å². The van der Waals surface area contributed by atoms with Crippen LogP contribution in [0, 0.1) is 22.7 Å². The first-order valence-electron chi connectivity index (χ1n) is 11.4. The summed E-state index contributed by atoms with van der Waals surface area (Å²) in [5.74, 6) is -3.63. The molecule has 9 nitrogen and oxygen atoms in total. The van der Waals surface area contributed by atoms with Crippen molar-refractivity contribution in [2.24, 2.45) is 22.7 Å². The highest BCUT2D eigenvalue weighted by molar-refractivity contribution is 5.89. The first kappa shape index (κ1) is 27.9. The maximum absolute atomic E-state index is 13.4. The van der Waals surface area contributed by atoms with Crippen LogP contribution in [0.2, 0.25) is 0 Å². The number of esters is 1. The second-order valence-corrected chi connectivity index (χ2v) is 10.9. The van der Waals surface area contributed by atoms with Gasteiger partial charge in [-0.25, -0.2) is 0 Å². The molecule has 0 aromatic heterocycles. The van der Waals surface area contributed by atoms with Crippen LogP contribution in [0.3, 0.4) is 0 Å². The topological polar surface area (TPSA) is 165 Å². The first-order chi connectivity index (χ1) is 14.9. The molecule has 9 heteroatoms. The minimum absolute atomic E-state index is 0.0707. The van der Waals surface area contributed by atoms with Crippen LogP contribution in [-0.2, 0) is 14.3 Å². The quantitative estimate of drug-likeness (QED) is 0.232. The average Bonchev–Trinajstić information content (AvgIpc) is 2.69. The zero-order chi connectivity index (χ0) is 25.7. The molecule has 6 N–H and O–H groups in total. The summed E-state index contributed by atoms with van der Waals surface area (Å²) >= 11 is 0. The lowest BCUT2D eigenvalue weighted by molar-refractivity contribution is -0.276. The second-order valence-electron chi connectivity index (χ2n) is 10.9. The Balaban J connectivity index is 2.90. The standard InChI is InChI=1S/C24H40O9/c1-12-9-21(5,6)24(32,10-16(12)28)20(33-15(4)27)18-22(7,19(30)14(3)26)13(2)8-17(29)23(18,31)11-25/h9,13-14,16-18,20,25-26,28-29,31-32H,8,10-11H2,1-7H3/t13?,14-,16+,17+,18?,20?,22-,23+,24-/m1/s1. The molecular formula is C24H40O9. The summed E-state index contributed by atoms with van der Waals surface area (Å²) in [6.45, 7) is 9.59. The molecule has 0 aliphatic heterocycles. The molecular weight excluding hydrogens is 432 g/mol. The number of hydrogen-bond acceptors (Lipinski definition) is 9. The lowest BCUT2D eigenvalue weighted by Gasteiger charge is -2.61. The van der Waals surface area contributed by atoms with Gasteiger partial charge in [0.1, 0.15) is 23.4 Å². The minimum Gasteiger partial charge on any atom is -0.459 e. The van der Waals surface area contributed by atoms with Crippen LogP contribution < -0.4 is 0 Å². The molecule has 2 aliphatic carbocycles. The third kappa shape index (κ3) is 4.28. The summed E-state index contributed by atoms with van der Waals surface area (Å²) < 4.78 is 5.63. The van der Waals surface area contributed by atoms with E-state index >= 15 is 0 Å². The Morgan fingerprint density at radius 2 is 1.76 bits per heavy atom. The van der Waals surface area contributed by atoms with Crippen LogP contribution in [0.5, 0.6) is 0 Å². The predicted molar refractivity (Wildman–Crippen MR) is 119 cm³/mol. The van der Waals surface area contributed by atoms with E-state index in [4.69, 9.17) is 4.74 Å². The number of aliphatic hydroxyl groups is 6. The van der Waals surface area contributed by atoms with Crippen molar-refractivity contribution in [1.29, 1.82) is 0 Å². The third-order valence-corrected chi connectivity index (χ3v) is 8.33. The molecule has 0 aromatic carbocycles. The Bertz CT molecular complexity index is 806. The zero-order valence-electron chi connectivity index (χ0n) is 20.6. The summed E-state index contributed by atoms with van der Waals surface area (Å²) in [7, 11) is 0. The van der Waals surface area contributed by atoms with Gasteiger partial charge in [-0.2, -0.15) is 0 Å². The van der Waals surface area contributed by atoms with E-state index in [-0.39, 0.29) is 12.8 Å². The van der Waals surface area contributed by atoms with Gasteiger partial charge in [0.2, 0.25) is 0 Å². The van der Waals surface area contributed by atoms with E-state index in [1.165, 1.54) is 13.8 Å². The van der Waals surface area contributed by atoms with Gasteiger partial charge in [-0.05, 0) is 31.8 Å². The molecule has 0 aromatic rings. The fourth-order valence-corrected chi connectivity index (χ4v) is 6.06. The molecule has 190 valence electrons. The van der Waals surface area contributed by atoms with Gasteiger partial charge in [-0.15, -0.1) is 0 Å². The van der Waals surface area contributed by atoms with Crippen molar-refractivity contribution in [3.05, 3.63) is 11.6 Å². The van der Waals surface area contributed by atoms with E-state index in [0.29, 0.717) is 5.57 Å². The van der Waals surface area contributed by atoms with Crippen molar-refractivity contribution in [2.45, 2.75) is 96.9 Å². The SMILES string of the molecule is CC(=O)OC(C1[C@](C)(C(=O)[C@@H](C)O)C(C)C[C@H](O)[C@@]1(O)CO)[C@]1(O)C[C@H](O)C(C)=CC1(C)C. The largest absolute Gasteiger partial charge is 0.459 e. The van der Waals surface area contributed by atoms with E-state index < -0.39 is 76.6 Å². The summed E-state index contributed by atoms with van der Waals surface area (Å²) in [6.07, 6.45) is -4.38. The van der Waals surface area contributed by atoms with Crippen LogP contribution in [0.4, 0.5) is 0 Å². The maximum Gasteiger partial charge on any atom is 0.303 e. The molecule has 0 saturated heterocycles. The van der Waals surface area contributed by atoms with Crippen molar-refractivity contribution >= 4 is 11.8 Å². The van der Waals surface area contributed by atoms with Crippen LogP contribution in [0.25, 0.3) is 0 Å². The highest BCUT2D eigenvalue weighted by Gasteiger charge is 2.69. The van der Waals surface area contributed by atoms with E-state index in [1.54, 1.807) is 33.8 Å². The monoisotopic (exact) mass is 472 g/mol. The van der Waals surface area contributed by atoms with Crippen molar-refractivity contribution in [2.75, 3.05) is 6.61 Å². The molecule has 0 heterocycles. The maximum atomic E-state index is 13.4. The highest BCUT2D eigenvalue weighted by atomic mass is 16.6. The Morgan fingerprint density at radius 3 is 2.21 bits per heavy atom. The van der Waals surface area contributed by atoms with Gasteiger partial charge in [0.15, 0.2) is 5.78 Å². The Hall–Kier alpha value is -1.36. The molecule has 1 saturated carbocycles. The number of ketones is 1. The molecule has 1 fully saturated rings. The van der Waals surface area contributed by atoms with Crippen LogP contribution >= 0.6 is 0 Å². The minimum atomic E-state index is -2.35. The lowest BCUT2D eigenvalue weighted by Crippen LogP contribution is -2.74. The normalized spacial score (nSPS) is 42.8. The number of Topliss-reactive ketones (excluding diaryl/α,β-unsaturated/α-hetero) is 1. The fraction of sp³-hybridized carbons (Fsp3) is 0.833. The molecule has 0 radical (unpaired) electrons. The Morgan fingerprint density at radius 1 is 1.21 bits per heavy atom. The predicted octanol–water partition coefficient (Wildman–Crippen LogP) is 0.0828. The highest BCUT2D eigenvalue weighted by Crippen LogP contribution is 2.58.